The summed E-state index contributed by atoms with van der Waals surface area (Å²) in [6, 6.07) is 17.8. The molecule has 0 radical (unpaired) electrons. The topological polar surface area (TPSA) is 66.9 Å². The maximum Gasteiger partial charge on any atom is 0.240 e. The summed E-state index contributed by atoms with van der Waals surface area (Å²) in [5, 5.41) is 0.612. The van der Waals surface area contributed by atoms with Crippen LogP contribution < -0.4 is 9.64 Å². The molecule has 6 rings (SSSR count). The van der Waals surface area contributed by atoms with Crippen molar-refractivity contribution in [1.82, 2.24) is 4.90 Å². The van der Waals surface area contributed by atoms with E-state index in [-0.39, 0.29) is 22.3 Å². The maximum atomic E-state index is 14.0. The van der Waals surface area contributed by atoms with Crippen molar-refractivity contribution in [3.05, 3.63) is 99.7 Å². The molecule has 3 aliphatic rings. The van der Waals surface area contributed by atoms with Crippen LogP contribution in [0.3, 0.4) is 0 Å². The molecule has 3 aromatic rings. The fourth-order valence-electron chi connectivity index (χ4n) is 5.69. The standard InChI is InChI=1S/C28H20Cl2N2O4/c1-36-18-9-7-17(8-10-18)32-27(34)22-23(28(32)35)25(26(33)20-11-6-16(29)14-21(20)30)31-13-12-15-4-2-3-5-19(15)24(22)31/h2-14,22-25H,1H3/t22-,23+,24-,25+/m0/s1. The third kappa shape index (κ3) is 3.29. The van der Waals surface area contributed by atoms with Gasteiger partial charge in [-0.15, -0.1) is 0 Å². The van der Waals surface area contributed by atoms with Crippen molar-refractivity contribution in [3.63, 3.8) is 0 Å². The van der Waals surface area contributed by atoms with Gasteiger partial charge in [0.05, 0.1) is 35.7 Å². The van der Waals surface area contributed by atoms with Crippen LogP contribution in [0.1, 0.15) is 27.5 Å². The van der Waals surface area contributed by atoms with E-state index in [4.69, 9.17) is 27.9 Å². The second-order valence-electron chi connectivity index (χ2n) is 9.03. The van der Waals surface area contributed by atoms with Gasteiger partial charge >= 0.3 is 0 Å². The molecule has 0 spiro atoms. The van der Waals surface area contributed by atoms with Crippen molar-refractivity contribution >= 4 is 52.6 Å². The molecule has 0 unspecified atom stereocenters. The molecule has 6 nitrogen and oxygen atoms in total. The number of Topliss-reactive ketones (excluding diaryl/α,β-unsaturated/α-hetero) is 1. The molecule has 180 valence electrons. The quantitative estimate of drug-likeness (QED) is 0.341. The molecule has 0 N–H and O–H groups in total. The van der Waals surface area contributed by atoms with Gasteiger partial charge in [-0.2, -0.15) is 0 Å². The first-order chi connectivity index (χ1) is 17.4. The van der Waals surface area contributed by atoms with Crippen molar-refractivity contribution in [1.29, 1.82) is 0 Å². The number of amides is 2. The Kier molecular flexibility index (Phi) is 5.39. The van der Waals surface area contributed by atoms with Gasteiger partial charge in [0.15, 0.2) is 5.78 Å². The number of benzene rings is 3. The number of ketones is 1. The Morgan fingerprint density at radius 2 is 1.64 bits per heavy atom. The van der Waals surface area contributed by atoms with Crippen LogP contribution in [0.4, 0.5) is 5.69 Å². The molecular formula is C28H20Cl2N2O4. The number of anilines is 1. The molecule has 4 atom stereocenters. The Labute approximate surface area is 217 Å². The number of ether oxygens (including phenoxy) is 1. The van der Waals surface area contributed by atoms with Crippen LogP contribution in [0.5, 0.6) is 5.75 Å². The Bertz CT molecular complexity index is 1450. The molecule has 3 heterocycles. The van der Waals surface area contributed by atoms with Crippen molar-refractivity contribution in [2.24, 2.45) is 11.8 Å². The third-order valence-electron chi connectivity index (χ3n) is 7.26. The normalized spacial score (nSPS) is 24.0. The van der Waals surface area contributed by atoms with Crippen molar-refractivity contribution in [2.75, 3.05) is 12.0 Å². The number of carbonyl (C=O) groups is 3. The van der Waals surface area contributed by atoms with Gasteiger partial charge in [-0.1, -0.05) is 47.5 Å². The molecule has 0 bridgehead atoms. The molecule has 0 aromatic heterocycles. The van der Waals surface area contributed by atoms with Gasteiger partial charge in [-0.25, -0.2) is 4.90 Å². The summed E-state index contributed by atoms with van der Waals surface area (Å²) in [5.74, 6) is -2.05. The summed E-state index contributed by atoms with van der Waals surface area (Å²) >= 11 is 12.5. The summed E-state index contributed by atoms with van der Waals surface area (Å²) < 4.78 is 5.22. The lowest BCUT2D eigenvalue weighted by atomic mass is 9.83. The third-order valence-corrected chi connectivity index (χ3v) is 7.81. The zero-order valence-electron chi connectivity index (χ0n) is 19.1. The van der Waals surface area contributed by atoms with Gasteiger partial charge in [0, 0.05) is 16.8 Å². The average Bonchev–Trinajstić information content (AvgIpc) is 3.36. The summed E-state index contributed by atoms with van der Waals surface area (Å²) in [4.78, 5) is 44.8. The Morgan fingerprint density at radius 1 is 0.917 bits per heavy atom. The van der Waals surface area contributed by atoms with Crippen LogP contribution in [0.2, 0.25) is 10.0 Å². The second kappa shape index (κ2) is 8.50. The summed E-state index contributed by atoms with van der Waals surface area (Å²) in [5.41, 5.74) is 2.58. The number of rotatable bonds is 4. The fourth-order valence-corrected chi connectivity index (χ4v) is 6.19. The number of methoxy groups -OCH3 is 1. The molecule has 8 heteroatoms. The highest BCUT2D eigenvalue weighted by molar-refractivity contribution is 6.37. The number of imide groups is 1. The first-order valence-electron chi connectivity index (χ1n) is 11.5. The average molecular weight is 519 g/mol. The van der Waals surface area contributed by atoms with E-state index in [1.54, 1.807) is 43.5 Å². The molecule has 3 aliphatic heterocycles. The van der Waals surface area contributed by atoms with E-state index in [9.17, 15) is 14.4 Å². The highest BCUT2D eigenvalue weighted by Gasteiger charge is 2.64. The van der Waals surface area contributed by atoms with E-state index in [0.717, 1.165) is 11.1 Å². The predicted octanol–water partition coefficient (Wildman–Crippen LogP) is 5.40. The number of nitrogens with zero attached hydrogens (tertiary/aromatic N) is 2. The van der Waals surface area contributed by atoms with Crippen molar-refractivity contribution in [3.8, 4) is 5.75 Å². The Hall–Kier alpha value is -3.61. The Morgan fingerprint density at radius 3 is 2.36 bits per heavy atom. The smallest absolute Gasteiger partial charge is 0.240 e. The van der Waals surface area contributed by atoms with Crippen molar-refractivity contribution < 1.29 is 19.1 Å². The van der Waals surface area contributed by atoms with E-state index >= 15 is 0 Å². The van der Waals surface area contributed by atoms with E-state index in [0.29, 0.717) is 16.5 Å². The molecule has 2 amide bonds. The van der Waals surface area contributed by atoms with Crippen LogP contribution in [-0.4, -0.2) is 35.6 Å². The SMILES string of the molecule is COc1ccc(N2C(=O)[C@@H]3[C@H](C2=O)[C@@H]2c4ccccc4C=CN2[C@H]3C(=O)c2ccc(Cl)cc2Cl)cc1. The number of carbonyl (C=O) groups excluding carboxylic acids is 3. The van der Waals surface area contributed by atoms with Crippen LogP contribution in [-0.2, 0) is 9.59 Å². The zero-order chi connectivity index (χ0) is 25.1. The summed E-state index contributed by atoms with van der Waals surface area (Å²) in [7, 11) is 1.55. The number of fused-ring (bicyclic) bond motifs is 5. The van der Waals surface area contributed by atoms with Crippen LogP contribution >= 0.6 is 23.2 Å². The van der Waals surface area contributed by atoms with Crippen LogP contribution in [0, 0.1) is 11.8 Å². The maximum absolute atomic E-state index is 14.0. The molecule has 0 saturated carbocycles. The minimum atomic E-state index is -0.900. The lowest BCUT2D eigenvalue weighted by Gasteiger charge is -2.35. The van der Waals surface area contributed by atoms with E-state index in [1.807, 2.05) is 41.4 Å². The highest BCUT2D eigenvalue weighted by Crippen LogP contribution is 2.54. The molecule has 0 aliphatic carbocycles. The fraction of sp³-hybridized carbons (Fsp3) is 0.179. The second-order valence-corrected chi connectivity index (χ2v) is 9.88. The number of hydrogen-bond acceptors (Lipinski definition) is 5. The number of hydrogen-bond donors (Lipinski definition) is 0. The molecule has 2 saturated heterocycles. The lowest BCUT2D eigenvalue weighted by molar-refractivity contribution is -0.123. The highest BCUT2D eigenvalue weighted by atomic mass is 35.5. The first-order valence-corrected chi connectivity index (χ1v) is 12.2. The lowest BCUT2D eigenvalue weighted by Crippen LogP contribution is -2.44. The minimum Gasteiger partial charge on any atom is -0.497 e. The Balaban J connectivity index is 1.49. The largest absolute Gasteiger partial charge is 0.497 e. The van der Waals surface area contributed by atoms with Crippen LogP contribution in [0.25, 0.3) is 6.08 Å². The summed E-state index contributed by atoms with van der Waals surface area (Å²) in [6.07, 6.45) is 3.73. The first kappa shape index (κ1) is 22.8. The van der Waals surface area contributed by atoms with Gasteiger partial charge in [-0.3, -0.25) is 14.4 Å². The van der Waals surface area contributed by atoms with Gasteiger partial charge < -0.3 is 9.64 Å². The van der Waals surface area contributed by atoms with Gasteiger partial charge in [0.25, 0.3) is 0 Å². The van der Waals surface area contributed by atoms with Crippen LogP contribution in [0.15, 0.2) is 72.9 Å². The van der Waals surface area contributed by atoms with E-state index in [2.05, 4.69) is 0 Å². The van der Waals surface area contributed by atoms with Gasteiger partial charge in [0.2, 0.25) is 11.8 Å². The summed E-state index contributed by atoms with van der Waals surface area (Å²) in [6.45, 7) is 0. The van der Waals surface area contributed by atoms with E-state index in [1.165, 1.54) is 11.0 Å². The van der Waals surface area contributed by atoms with Gasteiger partial charge in [0.1, 0.15) is 11.8 Å². The molecular weight excluding hydrogens is 499 g/mol. The predicted molar refractivity (Wildman–Crippen MR) is 137 cm³/mol. The monoisotopic (exact) mass is 518 g/mol. The molecule has 36 heavy (non-hydrogen) atoms. The molecule has 2 fully saturated rings. The molecule has 3 aromatic carbocycles. The zero-order valence-corrected chi connectivity index (χ0v) is 20.6. The van der Waals surface area contributed by atoms with E-state index < -0.39 is 29.8 Å². The minimum absolute atomic E-state index is 0.206. The number of halogens is 2. The van der Waals surface area contributed by atoms with Crippen molar-refractivity contribution in [2.45, 2.75) is 12.1 Å². The van der Waals surface area contributed by atoms with Gasteiger partial charge in [-0.05, 0) is 59.7 Å².